The van der Waals surface area contributed by atoms with E-state index in [1.807, 2.05) is 17.5 Å². The molecule has 1 amide bonds. The Morgan fingerprint density at radius 2 is 2.04 bits per heavy atom. The number of nitrogens with zero attached hydrogens (tertiary/aromatic N) is 1. The van der Waals surface area contributed by atoms with E-state index in [-0.39, 0.29) is 23.3 Å². The van der Waals surface area contributed by atoms with Crippen LogP contribution < -0.4 is 4.74 Å². The average molecular weight is 381 g/mol. The van der Waals surface area contributed by atoms with Gasteiger partial charge in [0.2, 0.25) is 0 Å². The lowest BCUT2D eigenvalue weighted by molar-refractivity contribution is -0.135. The maximum atomic E-state index is 12.5. The molecule has 3 rings (SSSR count). The van der Waals surface area contributed by atoms with Crippen molar-refractivity contribution in [2.24, 2.45) is 0 Å². The SMILES string of the molecule is O=C(OCC(=O)N1CCCC1c1cccs1)c1ccccc1OC(F)F. The lowest BCUT2D eigenvalue weighted by Crippen LogP contribution is -2.34. The van der Waals surface area contributed by atoms with Gasteiger partial charge >= 0.3 is 12.6 Å². The van der Waals surface area contributed by atoms with Crippen molar-refractivity contribution in [3.05, 3.63) is 52.2 Å². The topological polar surface area (TPSA) is 55.8 Å². The molecule has 1 aliphatic heterocycles. The number of carbonyl (C=O) groups is 2. The molecule has 5 nitrogen and oxygen atoms in total. The fourth-order valence-electron chi connectivity index (χ4n) is 2.96. The van der Waals surface area contributed by atoms with E-state index in [4.69, 9.17) is 4.74 Å². The lowest BCUT2D eigenvalue weighted by Gasteiger charge is -2.23. The van der Waals surface area contributed by atoms with E-state index in [1.165, 1.54) is 24.3 Å². The Bertz CT molecular complexity index is 766. The number of hydrogen-bond acceptors (Lipinski definition) is 5. The fourth-order valence-corrected chi connectivity index (χ4v) is 3.84. The zero-order chi connectivity index (χ0) is 18.5. The third kappa shape index (κ3) is 4.19. The molecule has 0 saturated carbocycles. The average Bonchev–Trinajstić information content (AvgIpc) is 3.30. The van der Waals surface area contributed by atoms with Crippen LogP contribution in [0.3, 0.4) is 0 Å². The quantitative estimate of drug-likeness (QED) is 0.713. The second-order valence-corrected chi connectivity index (χ2v) is 6.69. The van der Waals surface area contributed by atoms with Gasteiger partial charge in [0.15, 0.2) is 6.61 Å². The summed E-state index contributed by atoms with van der Waals surface area (Å²) in [6.07, 6.45) is 1.75. The maximum absolute atomic E-state index is 12.5. The molecule has 8 heteroatoms. The molecular formula is C18H17F2NO4S. The standard InChI is InChI=1S/C18H17F2NO4S/c19-18(20)25-14-7-2-1-5-12(14)17(23)24-11-16(22)21-9-3-6-13(21)15-8-4-10-26-15/h1-2,4-5,7-8,10,13,18H,3,6,9,11H2. The third-order valence-electron chi connectivity index (χ3n) is 4.09. The molecule has 1 fully saturated rings. The molecule has 1 aliphatic rings. The number of halogens is 2. The zero-order valence-electron chi connectivity index (χ0n) is 13.8. The molecule has 0 aliphatic carbocycles. The summed E-state index contributed by atoms with van der Waals surface area (Å²) in [5.41, 5.74) is -0.142. The lowest BCUT2D eigenvalue weighted by atomic mass is 10.2. The molecule has 1 unspecified atom stereocenters. The second-order valence-electron chi connectivity index (χ2n) is 5.71. The molecule has 2 aromatic rings. The first-order valence-electron chi connectivity index (χ1n) is 8.10. The van der Waals surface area contributed by atoms with Gasteiger partial charge in [0, 0.05) is 11.4 Å². The Labute approximate surface area is 153 Å². The number of esters is 1. The van der Waals surface area contributed by atoms with Crippen molar-refractivity contribution in [2.45, 2.75) is 25.5 Å². The maximum Gasteiger partial charge on any atom is 0.387 e. The molecule has 1 atom stereocenters. The second kappa shape index (κ2) is 8.27. The largest absolute Gasteiger partial charge is 0.452 e. The van der Waals surface area contributed by atoms with Gasteiger partial charge in [0.25, 0.3) is 5.91 Å². The normalized spacial score (nSPS) is 16.7. The Morgan fingerprint density at radius 3 is 2.77 bits per heavy atom. The van der Waals surface area contributed by atoms with Crippen molar-refractivity contribution in [1.29, 1.82) is 0 Å². The summed E-state index contributed by atoms with van der Waals surface area (Å²) in [6, 6.07) is 9.44. The zero-order valence-corrected chi connectivity index (χ0v) is 14.6. The molecule has 1 saturated heterocycles. The number of para-hydroxylation sites is 1. The predicted octanol–water partition coefficient (Wildman–Crippen LogP) is 3.87. The van der Waals surface area contributed by atoms with Crippen LogP contribution in [0.5, 0.6) is 5.75 Å². The molecule has 26 heavy (non-hydrogen) atoms. The number of thiophene rings is 1. The molecule has 2 heterocycles. The molecule has 0 bridgehead atoms. The van der Waals surface area contributed by atoms with Crippen LogP contribution in [-0.2, 0) is 9.53 Å². The highest BCUT2D eigenvalue weighted by Gasteiger charge is 2.31. The van der Waals surface area contributed by atoms with Crippen molar-refractivity contribution >= 4 is 23.2 Å². The number of likely N-dealkylation sites (tertiary alicyclic amines) is 1. The van der Waals surface area contributed by atoms with E-state index in [0.29, 0.717) is 6.54 Å². The highest BCUT2D eigenvalue weighted by Crippen LogP contribution is 2.34. The monoisotopic (exact) mass is 381 g/mol. The number of amides is 1. The number of ether oxygens (including phenoxy) is 2. The number of alkyl halides is 2. The van der Waals surface area contributed by atoms with Crippen LogP contribution in [0.25, 0.3) is 0 Å². The van der Waals surface area contributed by atoms with Gasteiger partial charge in [0.1, 0.15) is 11.3 Å². The smallest absolute Gasteiger partial charge is 0.387 e. The van der Waals surface area contributed by atoms with Crippen molar-refractivity contribution in [1.82, 2.24) is 4.90 Å². The van der Waals surface area contributed by atoms with Gasteiger partial charge in [0.05, 0.1) is 6.04 Å². The number of rotatable bonds is 6. The van der Waals surface area contributed by atoms with Crippen LogP contribution in [0.1, 0.15) is 34.1 Å². The van der Waals surface area contributed by atoms with Crippen LogP contribution in [-0.4, -0.2) is 36.5 Å². The first kappa shape index (κ1) is 18.3. The summed E-state index contributed by atoms with van der Waals surface area (Å²) in [7, 11) is 0. The number of carbonyl (C=O) groups excluding carboxylic acids is 2. The highest BCUT2D eigenvalue weighted by molar-refractivity contribution is 7.10. The van der Waals surface area contributed by atoms with E-state index in [0.717, 1.165) is 17.7 Å². The Kier molecular flexibility index (Phi) is 5.82. The first-order valence-corrected chi connectivity index (χ1v) is 8.98. The van der Waals surface area contributed by atoms with Gasteiger partial charge in [-0.2, -0.15) is 8.78 Å². The summed E-state index contributed by atoms with van der Waals surface area (Å²) in [5.74, 6) is -1.46. The Morgan fingerprint density at radius 1 is 1.23 bits per heavy atom. The van der Waals surface area contributed by atoms with E-state index < -0.39 is 19.2 Å². The summed E-state index contributed by atoms with van der Waals surface area (Å²) in [5, 5.41) is 1.95. The summed E-state index contributed by atoms with van der Waals surface area (Å²) in [4.78, 5) is 27.4. The molecule has 1 aromatic carbocycles. The van der Waals surface area contributed by atoms with Crippen LogP contribution in [0.2, 0.25) is 0 Å². The Balaban J connectivity index is 1.62. The van der Waals surface area contributed by atoms with E-state index in [9.17, 15) is 18.4 Å². The summed E-state index contributed by atoms with van der Waals surface area (Å²) in [6.45, 7) is -2.89. The van der Waals surface area contributed by atoms with Crippen LogP contribution in [0.15, 0.2) is 41.8 Å². The van der Waals surface area contributed by atoms with E-state index in [1.54, 1.807) is 16.2 Å². The van der Waals surface area contributed by atoms with Gasteiger partial charge in [-0.1, -0.05) is 18.2 Å². The molecular weight excluding hydrogens is 364 g/mol. The summed E-state index contributed by atoms with van der Waals surface area (Å²) < 4.78 is 34.2. The van der Waals surface area contributed by atoms with Gasteiger partial charge in [-0.15, -0.1) is 11.3 Å². The minimum atomic E-state index is -3.05. The third-order valence-corrected chi connectivity index (χ3v) is 5.07. The van der Waals surface area contributed by atoms with Gasteiger partial charge in [-0.3, -0.25) is 4.79 Å². The van der Waals surface area contributed by atoms with Crippen molar-refractivity contribution in [2.75, 3.05) is 13.2 Å². The number of benzene rings is 1. The van der Waals surface area contributed by atoms with Crippen molar-refractivity contribution in [3.63, 3.8) is 0 Å². The van der Waals surface area contributed by atoms with Gasteiger partial charge in [-0.05, 0) is 36.4 Å². The van der Waals surface area contributed by atoms with Gasteiger partial charge in [-0.25, -0.2) is 4.79 Å². The molecule has 1 aromatic heterocycles. The minimum Gasteiger partial charge on any atom is -0.452 e. The Hall–Kier alpha value is -2.48. The van der Waals surface area contributed by atoms with Crippen LogP contribution in [0.4, 0.5) is 8.78 Å². The van der Waals surface area contributed by atoms with Gasteiger partial charge < -0.3 is 14.4 Å². The predicted molar refractivity (Wildman–Crippen MR) is 91.4 cm³/mol. The fraction of sp³-hybridized carbons (Fsp3) is 0.333. The first-order chi connectivity index (χ1) is 12.6. The van der Waals surface area contributed by atoms with Crippen LogP contribution >= 0.6 is 11.3 Å². The van der Waals surface area contributed by atoms with E-state index in [2.05, 4.69) is 4.74 Å². The number of hydrogen-bond donors (Lipinski definition) is 0. The highest BCUT2D eigenvalue weighted by atomic mass is 32.1. The molecule has 0 radical (unpaired) electrons. The molecule has 0 spiro atoms. The van der Waals surface area contributed by atoms with Crippen molar-refractivity contribution < 1.29 is 27.8 Å². The summed E-state index contributed by atoms with van der Waals surface area (Å²) >= 11 is 1.58. The molecule has 138 valence electrons. The molecule has 0 N–H and O–H groups in total. The van der Waals surface area contributed by atoms with E-state index >= 15 is 0 Å². The minimum absolute atomic E-state index is 0.00402. The van der Waals surface area contributed by atoms with Crippen molar-refractivity contribution in [3.8, 4) is 5.75 Å². The van der Waals surface area contributed by atoms with Crippen LogP contribution in [0, 0.1) is 0 Å².